The van der Waals surface area contributed by atoms with E-state index in [2.05, 4.69) is 19.2 Å². The van der Waals surface area contributed by atoms with Crippen LogP contribution in [0.4, 0.5) is 4.79 Å². The van der Waals surface area contributed by atoms with E-state index in [-0.39, 0.29) is 54.2 Å². The lowest BCUT2D eigenvalue weighted by Crippen LogP contribution is -2.55. The number of benzene rings is 1. The van der Waals surface area contributed by atoms with Gasteiger partial charge in [-0.2, -0.15) is 0 Å². The van der Waals surface area contributed by atoms with Crippen LogP contribution in [-0.4, -0.2) is 73.1 Å². The summed E-state index contributed by atoms with van der Waals surface area (Å²) in [6, 6.07) is 5.50. The van der Waals surface area contributed by atoms with Gasteiger partial charge in [-0.15, -0.1) is 0 Å². The number of fused-ring (bicyclic) bond motifs is 3. The molecule has 1 N–H and O–H groups in total. The average molecular weight is 486 g/mol. The largest absolute Gasteiger partial charge is 0.497 e. The zero-order chi connectivity index (χ0) is 24.8. The number of methoxy groups -OCH3 is 1. The minimum absolute atomic E-state index is 0.0111. The molecule has 0 aromatic heterocycles. The Bertz CT molecular complexity index is 1000. The van der Waals surface area contributed by atoms with Crippen molar-refractivity contribution in [3.8, 4) is 11.5 Å². The first-order chi connectivity index (χ1) is 16.7. The van der Waals surface area contributed by atoms with Gasteiger partial charge in [0.1, 0.15) is 17.1 Å². The highest BCUT2D eigenvalue weighted by Gasteiger charge is 2.53. The van der Waals surface area contributed by atoms with Gasteiger partial charge >= 0.3 is 6.03 Å². The predicted molar refractivity (Wildman–Crippen MR) is 127 cm³/mol. The van der Waals surface area contributed by atoms with Crippen molar-refractivity contribution < 1.29 is 28.6 Å². The molecule has 0 radical (unpaired) electrons. The second kappa shape index (κ2) is 9.00. The van der Waals surface area contributed by atoms with Gasteiger partial charge < -0.3 is 24.4 Å². The van der Waals surface area contributed by atoms with E-state index in [1.165, 1.54) is 0 Å². The zero-order valence-electron chi connectivity index (χ0n) is 20.8. The Morgan fingerprint density at radius 2 is 2.00 bits per heavy atom. The van der Waals surface area contributed by atoms with Crippen LogP contribution in [0, 0.1) is 11.3 Å². The van der Waals surface area contributed by atoms with Crippen LogP contribution in [-0.2, 0) is 14.3 Å². The van der Waals surface area contributed by atoms with Crippen LogP contribution in [0.2, 0.25) is 0 Å². The molecule has 1 aromatic rings. The van der Waals surface area contributed by atoms with E-state index in [9.17, 15) is 14.4 Å². The Morgan fingerprint density at radius 1 is 1.23 bits per heavy atom. The lowest BCUT2D eigenvalue weighted by Gasteiger charge is -2.54. The van der Waals surface area contributed by atoms with Crippen LogP contribution in [0.15, 0.2) is 18.2 Å². The van der Waals surface area contributed by atoms with Crippen molar-refractivity contribution in [2.45, 2.75) is 57.7 Å². The van der Waals surface area contributed by atoms with Crippen molar-refractivity contribution in [1.29, 1.82) is 0 Å². The molecule has 0 saturated carbocycles. The molecule has 0 aliphatic carbocycles. The van der Waals surface area contributed by atoms with E-state index in [4.69, 9.17) is 14.2 Å². The molecule has 9 nitrogen and oxygen atoms in total. The molecular formula is C26H35N3O6. The highest BCUT2D eigenvalue weighted by molar-refractivity contribution is 5.97. The summed E-state index contributed by atoms with van der Waals surface area (Å²) in [7, 11) is 1.66. The highest BCUT2D eigenvalue weighted by Crippen LogP contribution is 2.55. The Kier molecular flexibility index (Phi) is 6.15. The normalized spacial score (nSPS) is 26.9. The van der Waals surface area contributed by atoms with Crippen LogP contribution in [0.1, 0.15) is 57.6 Å². The van der Waals surface area contributed by atoms with Gasteiger partial charge in [0.25, 0.3) is 0 Å². The Hall–Kier alpha value is -2.81. The molecule has 190 valence electrons. The molecule has 0 unspecified atom stereocenters. The number of ether oxygens (including phenoxy) is 3. The quantitative estimate of drug-likeness (QED) is 0.704. The molecule has 1 spiro atoms. The van der Waals surface area contributed by atoms with E-state index in [0.717, 1.165) is 41.2 Å². The lowest BCUT2D eigenvalue weighted by molar-refractivity contribution is -0.176. The summed E-state index contributed by atoms with van der Waals surface area (Å²) in [5.74, 6) is 1.62. The first kappa shape index (κ1) is 23.9. The smallest absolute Gasteiger partial charge is 0.324 e. The predicted octanol–water partition coefficient (Wildman–Crippen LogP) is 2.88. The first-order valence-corrected chi connectivity index (χ1v) is 12.6. The minimum atomic E-state index is -0.405. The Morgan fingerprint density at radius 3 is 2.71 bits per heavy atom. The average Bonchev–Trinajstić information content (AvgIpc) is 2.84. The van der Waals surface area contributed by atoms with E-state index in [1.807, 2.05) is 23.1 Å². The van der Waals surface area contributed by atoms with Crippen molar-refractivity contribution in [2.24, 2.45) is 11.3 Å². The summed E-state index contributed by atoms with van der Waals surface area (Å²) >= 11 is 0. The molecule has 0 bridgehead atoms. The fourth-order valence-corrected chi connectivity index (χ4v) is 6.05. The van der Waals surface area contributed by atoms with Crippen LogP contribution in [0.3, 0.4) is 0 Å². The summed E-state index contributed by atoms with van der Waals surface area (Å²) in [5.41, 5.74) is 0.693. The molecule has 4 amide bonds. The first-order valence-electron chi connectivity index (χ1n) is 12.6. The minimum Gasteiger partial charge on any atom is -0.497 e. The molecule has 3 saturated heterocycles. The third-order valence-corrected chi connectivity index (χ3v) is 8.26. The second-order valence-electron chi connectivity index (χ2n) is 10.8. The number of nitrogens with zero attached hydrogens (tertiary/aromatic N) is 2. The number of rotatable bonds is 4. The maximum Gasteiger partial charge on any atom is 0.324 e. The maximum absolute atomic E-state index is 12.8. The molecule has 4 aliphatic heterocycles. The Labute approximate surface area is 206 Å². The van der Waals surface area contributed by atoms with E-state index >= 15 is 0 Å². The van der Waals surface area contributed by atoms with Crippen molar-refractivity contribution >= 4 is 17.8 Å². The molecule has 2 atom stereocenters. The SMILES string of the molecule is COc1ccc2c(c1)[C@H]1OCC3(CCN(C(=O)CCN4C(=O)CCNC4=O)CC3)C[C@@H]1C(C)(C)O2. The summed E-state index contributed by atoms with van der Waals surface area (Å²) in [4.78, 5) is 39.8. The van der Waals surface area contributed by atoms with Gasteiger partial charge in [-0.1, -0.05) is 0 Å². The number of urea groups is 1. The number of nitrogens with one attached hydrogen (secondary N) is 1. The van der Waals surface area contributed by atoms with Gasteiger partial charge in [0, 0.05) is 50.5 Å². The topological polar surface area (TPSA) is 97.4 Å². The number of carbonyl (C=O) groups excluding carboxylic acids is 3. The molecule has 4 aliphatic rings. The van der Waals surface area contributed by atoms with Crippen LogP contribution in [0.5, 0.6) is 11.5 Å². The summed E-state index contributed by atoms with van der Waals surface area (Å²) in [6.45, 7) is 6.74. The van der Waals surface area contributed by atoms with Crippen molar-refractivity contribution in [3.63, 3.8) is 0 Å². The standard InChI is InChI=1S/C26H35N3O6/c1-25(2)19-15-26(16-34-23(19)18-14-17(33-3)4-5-20(18)35-25)8-12-28(13-9-26)21(30)7-11-29-22(31)6-10-27-24(29)32/h4-5,14,19,23H,6-13,15-16H2,1-3H3,(H,27,32)/t19-,23+/m0/s1. The fraction of sp³-hybridized carbons (Fsp3) is 0.654. The summed E-state index contributed by atoms with van der Waals surface area (Å²) < 4.78 is 18.4. The molecule has 1 aromatic carbocycles. The van der Waals surface area contributed by atoms with Gasteiger partial charge in [0.05, 0.1) is 19.8 Å². The third kappa shape index (κ3) is 4.46. The van der Waals surface area contributed by atoms with Gasteiger partial charge in [-0.3, -0.25) is 14.5 Å². The monoisotopic (exact) mass is 485 g/mol. The molecule has 3 fully saturated rings. The number of hydrogen-bond donors (Lipinski definition) is 1. The highest BCUT2D eigenvalue weighted by atomic mass is 16.5. The molecule has 5 rings (SSSR count). The van der Waals surface area contributed by atoms with Crippen LogP contribution in [0.25, 0.3) is 0 Å². The van der Waals surface area contributed by atoms with Crippen LogP contribution < -0.4 is 14.8 Å². The van der Waals surface area contributed by atoms with Gasteiger partial charge in [0.15, 0.2) is 0 Å². The molecule has 9 heteroatoms. The van der Waals surface area contributed by atoms with Gasteiger partial charge in [-0.05, 0) is 56.7 Å². The van der Waals surface area contributed by atoms with Gasteiger partial charge in [0.2, 0.25) is 11.8 Å². The number of imide groups is 1. The Balaban J connectivity index is 1.21. The van der Waals surface area contributed by atoms with E-state index in [0.29, 0.717) is 26.2 Å². The lowest BCUT2D eigenvalue weighted by atomic mass is 9.64. The van der Waals surface area contributed by atoms with Crippen molar-refractivity contribution in [2.75, 3.05) is 39.9 Å². The van der Waals surface area contributed by atoms with E-state index in [1.54, 1.807) is 7.11 Å². The molecular weight excluding hydrogens is 450 g/mol. The van der Waals surface area contributed by atoms with Crippen LogP contribution >= 0.6 is 0 Å². The number of amides is 4. The third-order valence-electron chi connectivity index (χ3n) is 8.26. The summed E-state index contributed by atoms with van der Waals surface area (Å²) in [5, 5.41) is 2.66. The van der Waals surface area contributed by atoms with E-state index < -0.39 is 6.03 Å². The summed E-state index contributed by atoms with van der Waals surface area (Å²) in [6.07, 6.45) is 3.12. The number of likely N-dealkylation sites (tertiary alicyclic amines) is 1. The number of carbonyl (C=O) groups is 3. The second-order valence-corrected chi connectivity index (χ2v) is 10.8. The van der Waals surface area contributed by atoms with Gasteiger partial charge in [-0.25, -0.2) is 4.79 Å². The zero-order valence-corrected chi connectivity index (χ0v) is 20.8. The molecule has 4 heterocycles. The molecule has 35 heavy (non-hydrogen) atoms. The maximum atomic E-state index is 12.8. The number of piperidine rings is 1. The fourth-order valence-electron chi connectivity index (χ4n) is 6.05. The van der Waals surface area contributed by atoms with Crippen molar-refractivity contribution in [3.05, 3.63) is 23.8 Å². The number of hydrogen-bond acceptors (Lipinski definition) is 6. The van der Waals surface area contributed by atoms with Crippen molar-refractivity contribution in [1.82, 2.24) is 15.1 Å².